The molecule has 0 aliphatic carbocycles. The van der Waals surface area contributed by atoms with E-state index in [0.717, 1.165) is 44.9 Å². The second kappa shape index (κ2) is 13.8. The molecule has 0 aromatic heterocycles. The summed E-state index contributed by atoms with van der Waals surface area (Å²) in [5.41, 5.74) is 0. The molecule has 0 fully saturated rings. The van der Waals surface area contributed by atoms with Crippen molar-refractivity contribution < 1.29 is 25.2 Å². The SMILES string of the molecule is CCCCCCCCC(O)CCCCCCCC(O)(O)C(=O)O. The maximum atomic E-state index is 10.5. The molecule has 0 saturated heterocycles. The van der Waals surface area contributed by atoms with Crippen molar-refractivity contribution in [2.24, 2.45) is 0 Å². The van der Waals surface area contributed by atoms with Gasteiger partial charge in [0, 0.05) is 6.42 Å². The van der Waals surface area contributed by atoms with Crippen molar-refractivity contribution in [3.63, 3.8) is 0 Å². The lowest BCUT2D eigenvalue weighted by atomic mass is 10.0. The molecule has 0 amide bonds. The molecule has 0 aromatic rings. The molecule has 0 saturated carbocycles. The number of carboxylic acids is 1. The Kier molecular flexibility index (Phi) is 13.4. The molecule has 0 heterocycles. The fourth-order valence-corrected chi connectivity index (χ4v) is 2.69. The maximum Gasteiger partial charge on any atom is 0.364 e. The van der Waals surface area contributed by atoms with Crippen molar-refractivity contribution in [3.05, 3.63) is 0 Å². The topological polar surface area (TPSA) is 98.0 Å². The highest BCUT2D eigenvalue weighted by molar-refractivity contribution is 5.74. The van der Waals surface area contributed by atoms with Gasteiger partial charge in [0.25, 0.3) is 5.79 Å². The zero-order valence-corrected chi connectivity index (χ0v) is 14.7. The Morgan fingerprint density at radius 2 is 1.26 bits per heavy atom. The molecule has 0 aromatic carbocycles. The predicted molar refractivity (Wildman–Crippen MR) is 91.1 cm³/mol. The monoisotopic (exact) mass is 332 g/mol. The first kappa shape index (κ1) is 22.4. The van der Waals surface area contributed by atoms with E-state index in [1.807, 2.05) is 0 Å². The maximum absolute atomic E-state index is 10.5. The van der Waals surface area contributed by atoms with Crippen LogP contribution in [0.4, 0.5) is 0 Å². The average Bonchev–Trinajstić information content (AvgIpc) is 2.49. The van der Waals surface area contributed by atoms with E-state index in [0.29, 0.717) is 6.42 Å². The summed E-state index contributed by atoms with van der Waals surface area (Å²) in [6, 6.07) is 0. The van der Waals surface area contributed by atoms with E-state index in [4.69, 9.17) is 15.3 Å². The summed E-state index contributed by atoms with van der Waals surface area (Å²) in [5, 5.41) is 36.7. The van der Waals surface area contributed by atoms with Gasteiger partial charge >= 0.3 is 5.97 Å². The van der Waals surface area contributed by atoms with Gasteiger partial charge < -0.3 is 20.4 Å². The minimum Gasteiger partial charge on any atom is -0.477 e. The van der Waals surface area contributed by atoms with Crippen molar-refractivity contribution >= 4 is 5.97 Å². The van der Waals surface area contributed by atoms with Crippen LogP contribution in [-0.4, -0.2) is 38.3 Å². The highest BCUT2D eigenvalue weighted by Crippen LogP contribution is 2.16. The number of aliphatic hydroxyl groups excluding tert-OH is 1. The van der Waals surface area contributed by atoms with Gasteiger partial charge in [0.05, 0.1) is 6.10 Å². The average molecular weight is 332 g/mol. The smallest absolute Gasteiger partial charge is 0.364 e. The van der Waals surface area contributed by atoms with Gasteiger partial charge in [-0.1, -0.05) is 71.1 Å². The van der Waals surface area contributed by atoms with Crippen molar-refractivity contribution in [2.75, 3.05) is 0 Å². The lowest BCUT2D eigenvalue weighted by molar-refractivity contribution is -0.205. The summed E-state index contributed by atoms with van der Waals surface area (Å²) in [6.07, 6.45) is 13.0. The van der Waals surface area contributed by atoms with Crippen molar-refractivity contribution in [3.8, 4) is 0 Å². The summed E-state index contributed by atoms with van der Waals surface area (Å²) in [6.45, 7) is 2.21. The van der Waals surface area contributed by atoms with Crippen LogP contribution in [0.5, 0.6) is 0 Å². The number of hydrogen-bond donors (Lipinski definition) is 4. The zero-order chi connectivity index (χ0) is 17.6. The van der Waals surface area contributed by atoms with E-state index >= 15 is 0 Å². The Bertz CT molecular complexity index is 291. The van der Waals surface area contributed by atoms with Crippen LogP contribution in [0.15, 0.2) is 0 Å². The quantitative estimate of drug-likeness (QED) is 0.256. The van der Waals surface area contributed by atoms with Gasteiger partial charge in [-0.25, -0.2) is 4.79 Å². The molecule has 0 radical (unpaired) electrons. The Morgan fingerprint density at radius 1 is 0.826 bits per heavy atom. The van der Waals surface area contributed by atoms with E-state index < -0.39 is 11.8 Å². The van der Waals surface area contributed by atoms with Gasteiger partial charge in [-0.15, -0.1) is 0 Å². The molecule has 0 aliphatic heterocycles. The van der Waals surface area contributed by atoms with E-state index in [9.17, 15) is 9.90 Å². The molecule has 1 atom stereocenters. The molecule has 5 nitrogen and oxygen atoms in total. The predicted octanol–water partition coefficient (Wildman–Crippen LogP) is 3.59. The number of aliphatic hydroxyl groups is 3. The number of aliphatic carboxylic acids is 1. The standard InChI is InChI=1S/C18H36O5/c1-2-3-4-5-7-10-13-16(19)14-11-8-6-9-12-15-18(22,23)17(20)21/h16,19,22-23H,2-15H2,1H3,(H,20,21). The third-order valence-corrected chi connectivity index (χ3v) is 4.30. The minimum atomic E-state index is -2.59. The zero-order valence-electron chi connectivity index (χ0n) is 14.7. The molecule has 5 heteroatoms. The molecule has 0 aliphatic rings. The van der Waals surface area contributed by atoms with Crippen LogP contribution in [0.3, 0.4) is 0 Å². The van der Waals surface area contributed by atoms with Gasteiger partial charge in [0.15, 0.2) is 0 Å². The lowest BCUT2D eigenvalue weighted by Gasteiger charge is -2.15. The van der Waals surface area contributed by atoms with Crippen LogP contribution < -0.4 is 0 Å². The first-order valence-corrected chi connectivity index (χ1v) is 9.26. The molecular weight excluding hydrogens is 296 g/mol. The molecule has 0 bridgehead atoms. The molecule has 138 valence electrons. The number of hydrogen-bond acceptors (Lipinski definition) is 4. The summed E-state index contributed by atoms with van der Waals surface area (Å²) in [5.74, 6) is -4.18. The van der Waals surface area contributed by atoms with E-state index in [-0.39, 0.29) is 12.5 Å². The fourth-order valence-electron chi connectivity index (χ4n) is 2.69. The van der Waals surface area contributed by atoms with E-state index in [1.165, 1.54) is 32.1 Å². The third-order valence-electron chi connectivity index (χ3n) is 4.30. The Morgan fingerprint density at radius 3 is 1.74 bits per heavy atom. The largest absolute Gasteiger partial charge is 0.477 e. The Hall–Kier alpha value is -0.650. The van der Waals surface area contributed by atoms with Crippen molar-refractivity contribution in [1.29, 1.82) is 0 Å². The molecule has 0 rings (SSSR count). The van der Waals surface area contributed by atoms with Crippen molar-refractivity contribution in [1.82, 2.24) is 0 Å². The van der Waals surface area contributed by atoms with Gasteiger partial charge in [0.1, 0.15) is 0 Å². The highest BCUT2D eigenvalue weighted by atomic mass is 16.5. The van der Waals surface area contributed by atoms with E-state index in [2.05, 4.69) is 6.92 Å². The first-order valence-electron chi connectivity index (χ1n) is 9.26. The van der Waals surface area contributed by atoms with Crippen LogP contribution in [0.25, 0.3) is 0 Å². The van der Waals surface area contributed by atoms with Gasteiger partial charge in [0.2, 0.25) is 0 Å². The molecule has 23 heavy (non-hydrogen) atoms. The molecule has 0 spiro atoms. The van der Waals surface area contributed by atoms with Crippen LogP contribution in [-0.2, 0) is 4.79 Å². The summed E-state index contributed by atoms with van der Waals surface area (Å²) < 4.78 is 0. The number of carboxylic acid groups (broad SMARTS) is 1. The van der Waals surface area contributed by atoms with Crippen LogP contribution in [0.1, 0.15) is 96.8 Å². The van der Waals surface area contributed by atoms with E-state index in [1.54, 1.807) is 0 Å². The summed E-state index contributed by atoms with van der Waals surface area (Å²) in [4.78, 5) is 10.5. The fraction of sp³-hybridized carbons (Fsp3) is 0.944. The van der Waals surface area contributed by atoms with Gasteiger partial charge in [-0.2, -0.15) is 0 Å². The van der Waals surface area contributed by atoms with Crippen LogP contribution >= 0.6 is 0 Å². The second-order valence-corrected chi connectivity index (χ2v) is 6.64. The molecule has 4 N–H and O–H groups in total. The van der Waals surface area contributed by atoms with Gasteiger partial charge in [-0.05, 0) is 19.3 Å². The Balaban J connectivity index is 3.36. The lowest BCUT2D eigenvalue weighted by Crippen LogP contribution is -2.37. The normalized spacial score (nSPS) is 13.2. The molecule has 1 unspecified atom stereocenters. The minimum absolute atomic E-state index is 0.136. The Labute approximate surface area is 140 Å². The highest BCUT2D eigenvalue weighted by Gasteiger charge is 2.31. The molecular formula is C18H36O5. The van der Waals surface area contributed by atoms with Crippen LogP contribution in [0, 0.1) is 0 Å². The summed E-state index contributed by atoms with van der Waals surface area (Å²) in [7, 11) is 0. The van der Waals surface area contributed by atoms with Crippen molar-refractivity contribution in [2.45, 2.75) is 109 Å². The number of rotatable bonds is 16. The summed E-state index contributed by atoms with van der Waals surface area (Å²) >= 11 is 0. The second-order valence-electron chi connectivity index (χ2n) is 6.64. The number of carbonyl (C=O) groups is 1. The first-order chi connectivity index (χ1) is 10.9. The van der Waals surface area contributed by atoms with Gasteiger partial charge in [-0.3, -0.25) is 0 Å². The third kappa shape index (κ3) is 13.5. The number of unbranched alkanes of at least 4 members (excludes halogenated alkanes) is 9. The van der Waals surface area contributed by atoms with Crippen LogP contribution in [0.2, 0.25) is 0 Å².